The quantitative estimate of drug-likeness (QED) is 0.861. The van der Waals surface area contributed by atoms with Gasteiger partial charge in [-0.15, -0.1) is 0 Å². The van der Waals surface area contributed by atoms with Crippen molar-refractivity contribution in [2.75, 3.05) is 13.2 Å². The summed E-state index contributed by atoms with van der Waals surface area (Å²) in [5.74, 6) is 0.896. The number of amides is 1. The Hall–Kier alpha value is -2.29. The summed E-state index contributed by atoms with van der Waals surface area (Å²) in [6.45, 7) is 9.26. The zero-order valence-electron chi connectivity index (χ0n) is 15.0. The lowest BCUT2D eigenvalue weighted by molar-refractivity contribution is -0.123. The van der Waals surface area contributed by atoms with Gasteiger partial charge in [-0.1, -0.05) is 70.2 Å². The van der Waals surface area contributed by atoms with Crippen molar-refractivity contribution in [2.24, 2.45) is 0 Å². The Kier molecular flexibility index (Phi) is 6.02. The van der Waals surface area contributed by atoms with Crippen LogP contribution in [0.25, 0.3) is 0 Å². The highest BCUT2D eigenvalue weighted by atomic mass is 16.5. The van der Waals surface area contributed by atoms with E-state index in [0.29, 0.717) is 12.3 Å². The first kappa shape index (κ1) is 18.1. The number of rotatable bonds is 6. The van der Waals surface area contributed by atoms with E-state index in [-0.39, 0.29) is 23.8 Å². The first-order valence-corrected chi connectivity index (χ1v) is 8.41. The second-order valence-corrected chi connectivity index (χ2v) is 7.18. The molecule has 0 aromatic heterocycles. The monoisotopic (exact) mass is 325 g/mol. The van der Waals surface area contributed by atoms with Crippen molar-refractivity contribution in [2.45, 2.75) is 39.0 Å². The van der Waals surface area contributed by atoms with Gasteiger partial charge in [0.1, 0.15) is 5.75 Å². The van der Waals surface area contributed by atoms with Gasteiger partial charge in [0.2, 0.25) is 0 Å². The molecule has 2 aromatic rings. The number of hydrogen-bond donors (Lipinski definition) is 1. The fourth-order valence-corrected chi connectivity index (χ4v) is 2.42. The van der Waals surface area contributed by atoms with E-state index in [4.69, 9.17) is 4.74 Å². The van der Waals surface area contributed by atoms with Crippen molar-refractivity contribution >= 4 is 5.91 Å². The Morgan fingerprint density at radius 1 is 1.04 bits per heavy atom. The van der Waals surface area contributed by atoms with Crippen LogP contribution in [0.5, 0.6) is 5.75 Å². The summed E-state index contributed by atoms with van der Waals surface area (Å²) in [7, 11) is 0. The molecule has 0 saturated carbocycles. The molecule has 0 saturated heterocycles. The minimum atomic E-state index is -0.0994. The molecule has 0 spiro atoms. The van der Waals surface area contributed by atoms with E-state index in [1.807, 2.05) is 42.5 Å². The van der Waals surface area contributed by atoms with E-state index < -0.39 is 0 Å². The van der Waals surface area contributed by atoms with Gasteiger partial charge in [0.15, 0.2) is 6.61 Å². The highest BCUT2D eigenvalue weighted by molar-refractivity contribution is 5.77. The van der Waals surface area contributed by atoms with Gasteiger partial charge in [-0.25, -0.2) is 0 Å². The van der Waals surface area contributed by atoms with Gasteiger partial charge in [0.25, 0.3) is 5.91 Å². The first-order chi connectivity index (χ1) is 11.4. The van der Waals surface area contributed by atoms with Crippen molar-refractivity contribution in [3.8, 4) is 5.75 Å². The molecule has 2 rings (SSSR count). The smallest absolute Gasteiger partial charge is 0.257 e. The third-order valence-electron chi connectivity index (χ3n) is 4.06. The fraction of sp³-hybridized carbons (Fsp3) is 0.381. The molecule has 1 amide bonds. The third kappa shape index (κ3) is 5.41. The lowest BCUT2D eigenvalue weighted by Gasteiger charge is -2.19. The van der Waals surface area contributed by atoms with E-state index >= 15 is 0 Å². The first-order valence-electron chi connectivity index (χ1n) is 8.41. The Balaban J connectivity index is 1.77. The van der Waals surface area contributed by atoms with Crippen molar-refractivity contribution < 1.29 is 9.53 Å². The average Bonchev–Trinajstić information content (AvgIpc) is 2.58. The molecule has 128 valence electrons. The third-order valence-corrected chi connectivity index (χ3v) is 4.06. The highest BCUT2D eigenvalue weighted by Gasteiger charge is 2.13. The largest absolute Gasteiger partial charge is 0.484 e. The highest BCUT2D eigenvalue weighted by Crippen LogP contribution is 2.24. The number of benzene rings is 2. The molecule has 0 aliphatic rings. The van der Waals surface area contributed by atoms with Crippen LogP contribution >= 0.6 is 0 Å². The Labute approximate surface area is 145 Å². The Morgan fingerprint density at radius 2 is 1.67 bits per heavy atom. The summed E-state index contributed by atoms with van der Waals surface area (Å²) in [5.41, 5.74) is 2.58. The number of carbonyl (C=O) groups excluding carboxylic acids is 1. The maximum Gasteiger partial charge on any atom is 0.257 e. The molecule has 24 heavy (non-hydrogen) atoms. The van der Waals surface area contributed by atoms with Crippen molar-refractivity contribution in [1.29, 1.82) is 0 Å². The molecule has 0 radical (unpaired) electrons. The predicted octanol–water partition coefficient (Wildman–Crippen LogP) is 4.28. The molecule has 0 aliphatic heterocycles. The number of hydrogen-bond acceptors (Lipinski definition) is 2. The minimum Gasteiger partial charge on any atom is -0.484 e. The van der Waals surface area contributed by atoms with Crippen LogP contribution in [0.2, 0.25) is 0 Å². The molecule has 1 N–H and O–H groups in total. The molecule has 3 heteroatoms. The number of carbonyl (C=O) groups is 1. The van der Waals surface area contributed by atoms with Crippen LogP contribution in [0.15, 0.2) is 54.6 Å². The van der Waals surface area contributed by atoms with Crippen molar-refractivity contribution in [1.82, 2.24) is 5.32 Å². The molecular weight excluding hydrogens is 298 g/mol. The number of nitrogens with one attached hydrogen (secondary N) is 1. The minimum absolute atomic E-state index is 0.0381. The molecule has 2 aromatic carbocycles. The molecule has 0 aliphatic carbocycles. The van der Waals surface area contributed by atoms with Crippen LogP contribution in [-0.4, -0.2) is 19.1 Å². The zero-order chi connectivity index (χ0) is 17.6. The van der Waals surface area contributed by atoms with Crippen LogP contribution < -0.4 is 10.1 Å². The van der Waals surface area contributed by atoms with Gasteiger partial charge in [-0.05, 0) is 34.6 Å². The molecule has 3 nitrogen and oxygen atoms in total. The van der Waals surface area contributed by atoms with Crippen LogP contribution in [-0.2, 0) is 10.2 Å². The maximum atomic E-state index is 11.9. The molecule has 1 atom stereocenters. The summed E-state index contributed by atoms with van der Waals surface area (Å²) in [6, 6.07) is 18.1. The van der Waals surface area contributed by atoms with Gasteiger partial charge in [-0.2, -0.15) is 0 Å². The summed E-state index contributed by atoms with van der Waals surface area (Å²) >= 11 is 0. The number of ether oxygens (including phenoxy) is 1. The normalized spacial score (nSPS) is 12.5. The molecule has 0 unspecified atom stereocenters. The summed E-state index contributed by atoms with van der Waals surface area (Å²) in [4.78, 5) is 11.9. The molecular formula is C21H27NO2. The molecule has 0 fully saturated rings. The van der Waals surface area contributed by atoms with Crippen molar-refractivity contribution in [3.05, 3.63) is 65.7 Å². The van der Waals surface area contributed by atoms with E-state index in [1.165, 1.54) is 11.1 Å². The second-order valence-electron chi connectivity index (χ2n) is 7.18. The Bertz CT molecular complexity index is 642. The van der Waals surface area contributed by atoms with Gasteiger partial charge < -0.3 is 10.1 Å². The fourth-order valence-electron chi connectivity index (χ4n) is 2.42. The van der Waals surface area contributed by atoms with Crippen LogP contribution in [0.4, 0.5) is 0 Å². The van der Waals surface area contributed by atoms with Gasteiger partial charge in [0, 0.05) is 6.54 Å². The molecule has 0 heterocycles. The van der Waals surface area contributed by atoms with Crippen molar-refractivity contribution in [3.63, 3.8) is 0 Å². The second kappa shape index (κ2) is 8.00. The zero-order valence-corrected chi connectivity index (χ0v) is 15.0. The summed E-state index contributed by atoms with van der Waals surface area (Å²) < 4.78 is 5.56. The van der Waals surface area contributed by atoms with Crippen LogP contribution in [0.1, 0.15) is 44.7 Å². The lowest BCUT2D eigenvalue weighted by atomic mass is 9.87. The Morgan fingerprint density at radius 3 is 2.25 bits per heavy atom. The average molecular weight is 325 g/mol. The van der Waals surface area contributed by atoms with Gasteiger partial charge in [-0.3, -0.25) is 4.79 Å². The summed E-state index contributed by atoms with van der Waals surface area (Å²) in [6.07, 6.45) is 0. The van der Waals surface area contributed by atoms with E-state index in [1.54, 1.807) is 0 Å². The van der Waals surface area contributed by atoms with E-state index in [9.17, 15) is 4.79 Å². The van der Waals surface area contributed by atoms with Gasteiger partial charge in [0.05, 0.1) is 0 Å². The standard InChI is InChI=1S/C21H27NO2/c1-16(17-8-6-5-7-9-17)14-22-20(23)15-24-19-12-10-18(11-13-19)21(2,3)4/h5-13,16H,14-15H2,1-4H3,(H,22,23)/t16-/m1/s1. The molecule has 0 bridgehead atoms. The predicted molar refractivity (Wildman–Crippen MR) is 98.5 cm³/mol. The van der Waals surface area contributed by atoms with Gasteiger partial charge >= 0.3 is 0 Å². The van der Waals surface area contributed by atoms with E-state index in [0.717, 1.165) is 0 Å². The topological polar surface area (TPSA) is 38.3 Å². The van der Waals surface area contributed by atoms with Crippen LogP contribution in [0.3, 0.4) is 0 Å². The lowest BCUT2D eigenvalue weighted by Crippen LogP contribution is -2.31. The maximum absolute atomic E-state index is 11.9. The summed E-state index contributed by atoms with van der Waals surface area (Å²) in [5, 5.41) is 2.92. The van der Waals surface area contributed by atoms with E-state index in [2.05, 4.69) is 45.1 Å². The SMILES string of the molecule is C[C@H](CNC(=O)COc1ccc(C(C)(C)C)cc1)c1ccccc1. The van der Waals surface area contributed by atoms with Crippen LogP contribution in [0, 0.1) is 0 Å².